The van der Waals surface area contributed by atoms with E-state index in [1.807, 2.05) is 24.4 Å². The summed E-state index contributed by atoms with van der Waals surface area (Å²) in [6.45, 7) is 4.82. The number of H-pyrrole nitrogens is 1. The minimum absolute atomic E-state index is 0.110. The Bertz CT molecular complexity index is 968. The van der Waals surface area contributed by atoms with Crippen LogP contribution < -0.4 is 10.2 Å². The number of amides is 1. The zero-order valence-corrected chi connectivity index (χ0v) is 16.1. The zero-order chi connectivity index (χ0) is 19.3. The van der Waals surface area contributed by atoms with Crippen molar-refractivity contribution in [1.29, 1.82) is 0 Å². The van der Waals surface area contributed by atoms with Gasteiger partial charge in [-0.3, -0.25) is 4.79 Å². The van der Waals surface area contributed by atoms with Crippen LogP contribution in [0.2, 0.25) is 0 Å². The lowest BCUT2D eigenvalue weighted by Crippen LogP contribution is -2.44. The van der Waals surface area contributed by atoms with Gasteiger partial charge < -0.3 is 20.1 Å². The first-order valence-electron chi connectivity index (χ1n) is 9.59. The molecule has 28 heavy (non-hydrogen) atoms. The smallest absolute Gasteiger partial charge is 0.244 e. The number of hydrogen-bond acceptors (Lipinski definition) is 4. The molecule has 6 nitrogen and oxygen atoms in total. The first kappa shape index (κ1) is 18.3. The van der Waals surface area contributed by atoms with Gasteiger partial charge in [-0.25, -0.2) is 4.98 Å². The number of anilines is 1. The van der Waals surface area contributed by atoms with Crippen LogP contribution in [-0.4, -0.2) is 54.0 Å². The number of benzene rings is 1. The summed E-state index contributed by atoms with van der Waals surface area (Å²) in [6.07, 6.45) is 6.98. The van der Waals surface area contributed by atoms with Crippen molar-refractivity contribution < 1.29 is 4.79 Å². The summed E-state index contributed by atoms with van der Waals surface area (Å²) in [5.74, 6) is -0.110. The van der Waals surface area contributed by atoms with Crippen molar-refractivity contribution in [2.24, 2.45) is 0 Å². The third kappa shape index (κ3) is 4.23. The highest BCUT2D eigenvalue weighted by Gasteiger charge is 2.13. The topological polar surface area (TPSA) is 64.3 Å². The molecule has 0 aliphatic carbocycles. The molecule has 6 heteroatoms. The highest BCUT2D eigenvalue weighted by molar-refractivity contribution is 5.95. The molecular weight excluding hydrogens is 350 g/mol. The fraction of sp³-hybridized carbons (Fsp3) is 0.273. The van der Waals surface area contributed by atoms with Gasteiger partial charge in [0, 0.05) is 67.8 Å². The molecule has 1 aromatic carbocycles. The molecule has 2 aromatic heterocycles. The van der Waals surface area contributed by atoms with Crippen molar-refractivity contribution in [3.63, 3.8) is 0 Å². The lowest BCUT2D eigenvalue weighted by Gasteiger charge is -2.34. The number of pyridine rings is 1. The molecule has 3 heterocycles. The van der Waals surface area contributed by atoms with Crippen LogP contribution in [0.25, 0.3) is 17.1 Å². The molecule has 0 saturated carbocycles. The Morgan fingerprint density at radius 2 is 1.96 bits per heavy atom. The second-order valence-electron chi connectivity index (χ2n) is 7.15. The Morgan fingerprint density at radius 1 is 1.18 bits per heavy atom. The Morgan fingerprint density at radius 3 is 2.75 bits per heavy atom. The van der Waals surface area contributed by atoms with Crippen molar-refractivity contribution in [3.8, 4) is 0 Å². The van der Waals surface area contributed by atoms with E-state index in [1.165, 1.54) is 5.69 Å². The van der Waals surface area contributed by atoms with E-state index in [1.54, 1.807) is 12.3 Å². The quantitative estimate of drug-likeness (QED) is 0.673. The molecule has 3 aromatic rings. The highest BCUT2D eigenvalue weighted by atomic mass is 16.1. The number of nitrogens with zero attached hydrogens (tertiary/aromatic N) is 3. The van der Waals surface area contributed by atoms with Gasteiger partial charge in [0.2, 0.25) is 5.91 Å². The Labute approximate surface area is 164 Å². The molecule has 144 valence electrons. The fourth-order valence-electron chi connectivity index (χ4n) is 3.42. The second kappa shape index (κ2) is 8.27. The average molecular weight is 375 g/mol. The number of carbonyl (C=O) groups excluding carboxylic acids is 1. The monoisotopic (exact) mass is 375 g/mol. The van der Waals surface area contributed by atoms with Crippen LogP contribution in [0, 0.1) is 0 Å². The number of rotatable bonds is 5. The van der Waals surface area contributed by atoms with E-state index < -0.39 is 0 Å². The number of fused-ring (bicyclic) bond motifs is 1. The van der Waals surface area contributed by atoms with E-state index in [0.717, 1.165) is 48.3 Å². The molecule has 1 amide bonds. The van der Waals surface area contributed by atoms with Crippen LogP contribution in [0.3, 0.4) is 0 Å². The van der Waals surface area contributed by atoms with Gasteiger partial charge >= 0.3 is 0 Å². The largest absolute Gasteiger partial charge is 0.369 e. The number of carbonyl (C=O) groups is 1. The van der Waals surface area contributed by atoms with E-state index in [2.05, 4.69) is 56.4 Å². The number of aromatic nitrogens is 2. The lowest BCUT2D eigenvalue weighted by atomic mass is 10.1. The standard InChI is InChI=1S/C22H25N5O/c1-26-11-13-27(14-12-26)19-7-4-17(5-8-19)15-24-21(28)9-6-18-16-25-22-20(18)3-2-10-23-22/h2-10,16H,11-15H2,1H3,(H,23,25)(H,24,28)/b9-6+. The van der Waals surface area contributed by atoms with E-state index >= 15 is 0 Å². The summed E-state index contributed by atoms with van der Waals surface area (Å²) >= 11 is 0. The van der Waals surface area contributed by atoms with Crippen LogP contribution in [0.4, 0.5) is 5.69 Å². The maximum absolute atomic E-state index is 12.2. The summed E-state index contributed by atoms with van der Waals surface area (Å²) in [5, 5.41) is 3.95. The molecule has 0 spiro atoms. The van der Waals surface area contributed by atoms with Crippen molar-refractivity contribution in [1.82, 2.24) is 20.2 Å². The van der Waals surface area contributed by atoms with Gasteiger partial charge in [-0.15, -0.1) is 0 Å². The van der Waals surface area contributed by atoms with E-state index in [-0.39, 0.29) is 5.91 Å². The summed E-state index contributed by atoms with van der Waals surface area (Å²) in [5.41, 5.74) is 4.12. The van der Waals surface area contributed by atoms with Crippen molar-refractivity contribution in [2.45, 2.75) is 6.54 Å². The van der Waals surface area contributed by atoms with Gasteiger partial charge in [0.1, 0.15) is 5.65 Å². The van der Waals surface area contributed by atoms with Crippen molar-refractivity contribution >= 4 is 28.7 Å². The zero-order valence-electron chi connectivity index (χ0n) is 16.1. The first-order valence-corrected chi connectivity index (χ1v) is 9.59. The second-order valence-corrected chi connectivity index (χ2v) is 7.15. The van der Waals surface area contributed by atoms with Crippen LogP contribution >= 0.6 is 0 Å². The molecule has 0 radical (unpaired) electrons. The van der Waals surface area contributed by atoms with E-state index in [0.29, 0.717) is 6.54 Å². The number of aromatic amines is 1. The highest BCUT2D eigenvalue weighted by Crippen LogP contribution is 2.18. The third-order valence-electron chi connectivity index (χ3n) is 5.17. The van der Waals surface area contributed by atoms with Crippen molar-refractivity contribution in [2.75, 3.05) is 38.1 Å². The minimum Gasteiger partial charge on any atom is -0.369 e. The molecule has 0 bridgehead atoms. The maximum Gasteiger partial charge on any atom is 0.244 e. The molecule has 0 unspecified atom stereocenters. The molecule has 1 aliphatic rings. The van der Waals surface area contributed by atoms with Crippen LogP contribution in [0.1, 0.15) is 11.1 Å². The van der Waals surface area contributed by atoms with Crippen LogP contribution in [0.5, 0.6) is 0 Å². The normalized spacial score (nSPS) is 15.4. The van der Waals surface area contributed by atoms with Gasteiger partial charge in [-0.05, 0) is 43.0 Å². The number of likely N-dealkylation sites (N-methyl/N-ethyl adjacent to an activating group) is 1. The molecule has 2 N–H and O–H groups in total. The minimum atomic E-state index is -0.110. The molecule has 4 rings (SSSR count). The predicted molar refractivity (Wildman–Crippen MR) is 113 cm³/mol. The molecule has 0 atom stereocenters. The molecule has 1 saturated heterocycles. The van der Waals surface area contributed by atoms with Gasteiger partial charge in [0.05, 0.1) is 0 Å². The van der Waals surface area contributed by atoms with Crippen molar-refractivity contribution in [3.05, 3.63) is 66.0 Å². The van der Waals surface area contributed by atoms with E-state index in [9.17, 15) is 4.79 Å². The lowest BCUT2D eigenvalue weighted by molar-refractivity contribution is -0.116. The van der Waals surface area contributed by atoms with Crippen LogP contribution in [0.15, 0.2) is 54.9 Å². The maximum atomic E-state index is 12.2. The Kier molecular flexibility index (Phi) is 5.39. The number of nitrogens with one attached hydrogen (secondary N) is 2. The Balaban J connectivity index is 1.31. The Hall–Kier alpha value is -3.12. The third-order valence-corrected chi connectivity index (χ3v) is 5.17. The summed E-state index contributed by atoms with van der Waals surface area (Å²) < 4.78 is 0. The first-order chi connectivity index (χ1) is 13.7. The van der Waals surface area contributed by atoms with Gasteiger partial charge in [-0.1, -0.05) is 12.1 Å². The summed E-state index contributed by atoms with van der Waals surface area (Å²) in [6, 6.07) is 12.3. The van der Waals surface area contributed by atoms with Gasteiger partial charge in [-0.2, -0.15) is 0 Å². The van der Waals surface area contributed by atoms with Gasteiger partial charge in [0.15, 0.2) is 0 Å². The summed E-state index contributed by atoms with van der Waals surface area (Å²) in [7, 11) is 2.16. The molecule has 1 fully saturated rings. The number of hydrogen-bond donors (Lipinski definition) is 2. The number of piperazine rings is 1. The summed E-state index contributed by atoms with van der Waals surface area (Å²) in [4.78, 5) is 24.3. The molecular formula is C22H25N5O. The predicted octanol–water partition coefficient (Wildman–Crippen LogP) is 2.64. The fourth-order valence-corrected chi connectivity index (χ4v) is 3.42. The van der Waals surface area contributed by atoms with Gasteiger partial charge in [0.25, 0.3) is 0 Å². The van der Waals surface area contributed by atoms with E-state index in [4.69, 9.17) is 0 Å². The molecule has 1 aliphatic heterocycles. The van der Waals surface area contributed by atoms with Crippen LogP contribution in [-0.2, 0) is 11.3 Å². The SMILES string of the molecule is CN1CCN(c2ccc(CNC(=O)/C=C/c3c[nH]c4ncccc34)cc2)CC1. The average Bonchev–Trinajstić information content (AvgIpc) is 3.15.